The third-order valence-electron chi connectivity index (χ3n) is 5.46. The smallest absolute Gasteiger partial charge is 0.417 e. The van der Waals surface area contributed by atoms with Crippen molar-refractivity contribution in [2.24, 2.45) is 0 Å². The van der Waals surface area contributed by atoms with Gasteiger partial charge < -0.3 is 14.3 Å². The molecule has 210 valence electrons. The lowest BCUT2D eigenvalue weighted by molar-refractivity contribution is -0.138. The molecule has 1 N–H and O–H groups in total. The van der Waals surface area contributed by atoms with Gasteiger partial charge in [0.2, 0.25) is 5.88 Å². The number of alkyl halides is 6. The van der Waals surface area contributed by atoms with E-state index in [4.69, 9.17) is 20.8 Å². The van der Waals surface area contributed by atoms with E-state index in [1.165, 1.54) is 30.3 Å². The molecule has 0 aliphatic heterocycles. The highest BCUT2D eigenvalue weighted by atomic mass is 35.5. The van der Waals surface area contributed by atoms with Gasteiger partial charge in [-0.1, -0.05) is 17.7 Å². The van der Waals surface area contributed by atoms with E-state index < -0.39 is 29.1 Å². The van der Waals surface area contributed by atoms with Crippen LogP contribution in [0.3, 0.4) is 0 Å². The van der Waals surface area contributed by atoms with E-state index in [0.29, 0.717) is 34.2 Å². The molecule has 14 heteroatoms. The van der Waals surface area contributed by atoms with Gasteiger partial charge in [-0.25, -0.2) is 14.8 Å². The normalized spacial score (nSPS) is 12.0. The number of aryl methyl sites for hydroxylation is 2. The molecule has 0 bridgehead atoms. The molecule has 6 nitrogen and oxygen atoms in total. The third kappa shape index (κ3) is 6.89. The first-order valence-electron chi connectivity index (χ1n) is 11.3. The van der Waals surface area contributed by atoms with E-state index in [9.17, 15) is 36.2 Å². The lowest BCUT2D eigenvalue weighted by Gasteiger charge is -2.12. The quantitative estimate of drug-likeness (QED) is 0.170. The standard InChI is InChI=1S/C26H17ClF6N2O4S/c1-13-8-16(38-23-19(27)9-15(12-35-23)26(31,32)33)3-4-18(13)22-20(36)10-17(39-24(22)37)6-7-40-21-5-2-14(11-34-21)25(28,29)30/h2-5,8-12,36H,6-7H2,1H3. The van der Waals surface area contributed by atoms with Gasteiger partial charge in [0.05, 0.1) is 16.2 Å². The Kier molecular flexibility index (Phi) is 8.36. The van der Waals surface area contributed by atoms with E-state index in [2.05, 4.69) is 9.97 Å². The second kappa shape index (κ2) is 11.4. The number of halogens is 7. The predicted octanol–water partition coefficient (Wildman–Crippen LogP) is 7.93. The summed E-state index contributed by atoms with van der Waals surface area (Å²) in [4.78, 5) is 20.1. The number of aromatic nitrogens is 2. The maximum Gasteiger partial charge on any atom is 0.417 e. The van der Waals surface area contributed by atoms with Crippen LogP contribution in [0.1, 0.15) is 22.5 Å². The van der Waals surface area contributed by atoms with Crippen LogP contribution in [0, 0.1) is 6.92 Å². The summed E-state index contributed by atoms with van der Waals surface area (Å²) in [5.41, 5.74) is -2.04. The van der Waals surface area contributed by atoms with Crippen molar-refractivity contribution in [2.45, 2.75) is 30.7 Å². The number of thioether (sulfide) groups is 1. The first-order chi connectivity index (χ1) is 18.7. The Balaban J connectivity index is 1.45. The molecule has 0 radical (unpaired) electrons. The molecule has 0 aliphatic carbocycles. The third-order valence-corrected chi connectivity index (χ3v) is 6.68. The Labute approximate surface area is 231 Å². The lowest BCUT2D eigenvalue weighted by Crippen LogP contribution is -2.07. The second-order valence-corrected chi connectivity index (χ2v) is 9.85. The molecule has 0 amide bonds. The van der Waals surface area contributed by atoms with Crippen molar-refractivity contribution in [3.05, 3.63) is 92.8 Å². The summed E-state index contributed by atoms with van der Waals surface area (Å²) in [6, 6.07) is 8.47. The SMILES string of the molecule is Cc1cc(Oc2ncc(C(F)(F)F)cc2Cl)ccc1-c1c(O)cc(CCSc2ccc(C(F)(F)F)cn2)oc1=O. The van der Waals surface area contributed by atoms with Crippen LogP contribution in [-0.2, 0) is 18.8 Å². The Hall–Kier alpha value is -3.71. The number of benzene rings is 1. The zero-order valence-corrected chi connectivity index (χ0v) is 21.8. The fourth-order valence-electron chi connectivity index (χ4n) is 3.54. The maximum atomic E-state index is 12.8. The van der Waals surface area contributed by atoms with Gasteiger partial charge in [-0.3, -0.25) is 0 Å². The Morgan fingerprint density at radius 3 is 2.25 bits per heavy atom. The fourth-order valence-corrected chi connectivity index (χ4v) is 4.55. The molecule has 3 aromatic heterocycles. The molecule has 0 saturated carbocycles. The lowest BCUT2D eigenvalue weighted by atomic mass is 10.0. The van der Waals surface area contributed by atoms with Crippen molar-refractivity contribution < 1.29 is 40.6 Å². The number of hydrogen-bond acceptors (Lipinski definition) is 7. The zero-order valence-electron chi connectivity index (χ0n) is 20.2. The number of rotatable bonds is 7. The van der Waals surface area contributed by atoms with Crippen LogP contribution < -0.4 is 10.4 Å². The Morgan fingerprint density at radius 2 is 1.68 bits per heavy atom. The molecular weight excluding hydrogens is 586 g/mol. The predicted molar refractivity (Wildman–Crippen MR) is 135 cm³/mol. The van der Waals surface area contributed by atoms with Crippen molar-refractivity contribution in [2.75, 3.05) is 5.75 Å². The highest BCUT2D eigenvalue weighted by Crippen LogP contribution is 2.37. The summed E-state index contributed by atoms with van der Waals surface area (Å²) in [5, 5.41) is 10.6. The highest BCUT2D eigenvalue weighted by Gasteiger charge is 2.32. The van der Waals surface area contributed by atoms with E-state index in [1.54, 1.807) is 6.92 Å². The summed E-state index contributed by atoms with van der Waals surface area (Å²) in [5.74, 6) is 0.0354. The van der Waals surface area contributed by atoms with Gasteiger partial charge in [0.25, 0.3) is 0 Å². The van der Waals surface area contributed by atoms with E-state index in [1.807, 2.05) is 0 Å². The summed E-state index contributed by atoms with van der Waals surface area (Å²) >= 11 is 7.03. The van der Waals surface area contributed by atoms with Crippen molar-refractivity contribution in [3.63, 3.8) is 0 Å². The Bertz CT molecular complexity index is 1590. The average Bonchev–Trinajstić information content (AvgIpc) is 2.85. The van der Waals surface area contributed by atoms with E-state index in [0.717, 1.165) is 24.0 Å². The van der Waals surface area contributed by atoms with Gasteiger partial charge in [0.15, 0.2) is 0 Å². The molecule has 3 heterocycles. The number of pyridine rings is 2. The van der Waals surface area contributed by atoms with Gasteiger partial charge in [-0.05, 0) is 48.4 Å². The van der Waals surface area contributed by atoms with Crippen LogP contribution in [0.5, 0.6) is 17.4 Å². The molecule has 0 saturated heterocycles. The molecule has 40 heavy (non-hydrogen) atoms. The number of hydrogen-bond donors (Lipinski definition) is 1. The zero-order chi connectivity index (χ0) is 29.2. The van der Waals surface area contributed by atoms with E-state index in [-0.39, 0.29) is 40.1 Å². The first kappa shape index (κ1) is 29.3. The molecule has 1 aromatic carbocycles. The molecule has 0 spiro atoms. The summed E-state index contributed by atoms with van der Waals surface area (Å²) in [6.45, 7) is 1.62. The van der Waals surface area contributed by atoms with Crippen LogP contribution in [0.4, 0.5) is 26.3 Å². The molecule has 4 aromatic rings. The summed E-state index contributed by atoms with van der Waals surface area (Å²) in [7, 11) is 0. The topological polar surface area (TPSA) is 85.4 Å². The van der Waals surface area contributed by atoms with E-state index >= 15 is 0 Å². The van der Waals surface area contributed by atoms with Gasteiger partial charge in [-0.2, -0.15) is 26.3 Å². The summed E-state index contributed by atoms with van der Waals surface area (Å²) in [6.07, 6.45) is -7.60. The number of aromatic hydroxyl groups is 1. The molecule has 4 rings (SSSR count). The molecule has 0 fully saturated rings. The van der Waals surface area contributed by atoms with Gasteiger partial charge in [-0.15, -0.1) is 11.8 Å². The minimum atomic E-state index is -4.62. The van der Waals surface area contributed by atoms with Crippen molar-refractivity contribution in [3.8, 4) is 28.5 Å². The number of ether oxygens (including phenoxy) is 1. The summed E-state index contributed by atoms with van der Waals surface area (Å²) < 4.78 is 87.3. The van der Waals surface area contributed by atoms with Gasteiger partial charge in [0.1, 0.15) is 27.8 Å². The van der Waals surface area contributed by atoms with Crippen LogP contribution in [0.25, 0.3) is 11.1 Å². The van der Waals surface area contributed by atoms with Gasteiger partial charge >= 0.3 is 18.0 Å². The van der Waals surface area contributed by atoms with Crippen LogP contribution in [0.2, 0.25) is 5.02 Å². The van der Waals surface area contributed by atoms with Crippen LogP contribution in [0.15, 0.2) is 69.1 Å². The molecular formula is C26H17ClF6N2O4S. The maximum absolute atomic E-state index is 12.8. The van der Waals surface area contributed by atoms with Gasteiger partial charge in [0, 0.05) is 30.6 Å². The van der Waals surface area contributed by atoms with Crippen molar-refractivity contribution in [1.29, 1.82) is 0 Å². The van der Waals surface area contributed by atoms with Crippen LogP contribution >= 0.6 is 23.4 Å². The molecule has 0 unspecified atom stereocenters. The average molecular weight is 603 g/mol. The fraction of sp³-hybridized carbons (Fsp3) is 0.192. The van der Waals surface area contributed by atoms with Crippen molar-refractivity contribution >= 4 is 23.4 Å². The molecule has 0 aliphatic rings. The Morgan fingerprint density at radius 1 is 0.975 bits per heavy atom. The highest BCUT2D eigenvalue weighted by molar-refractivity contribution is 7.99. The first-order valence-corrected chi connectivity index (χ1v) is 12.6. The second-order valence-electron chi connectivity index (χ2n) is 8.33. The number of nitrogens with zero attached hydrogens (tertiary/aromatic N) is 2. The van der Waals surface area contributed by atoms with Crippen LogP contribution in [-0.4, -0.2) is 20.8 Å². The van der Waals surface area contributed by atoms with Crippen molar-refractivity contribution in [1.82, 2.24) is 9.97 Å². The largest absolute Gasteiger partial charge is 0.507 e. The monoisotopic (exact) mass is 602 g/mol. The minimum absolute atomic E-state index is 0.115. The molecule has 0 atom stereocenters. The minimum Gasteiger partial charge on any atom is -0.507 e.